The molecule has 5 nitrogen and oxygen atoms in total. The summed E-state index contributed by atoms with van der Waals surface area (Å²) >= 11 is 0. The first kappa shape index (κ1) is 12.8. The van der Waals surface area contributed by atoms with Gasteiger partial charge in [0, 0.05) is 11.1 Å². The van der Waals surface area contributed by atoms with E-state index in [1.165, 1.54) is 12.1 Å². The zero-order valence-corrected chi connectivity index (χ0v) is 10.9. The van der Waals surface area contributed by atoms with Crippen molar-refractivity contribution < 1.29 is 9.13 Å². The van der Waals surface area contributed by atoms with Crippen molar-refractivity contribution in [2.45, 2.75) is 0 Å². The molecule has 1 fully saturated rings. The molecular weight excluding hydrogens is 259 g/mol. The third kappa shape index (κ3) is 2.85. The first-order valence-corrected chi connectivity index (χ1v) is 6.49. The quantitative estimate of drug-likeness (QED) is 0.869. The highest BCUT2D eigenvalue weighted by Gasteiger charge is 2.09. The molecular formula is C14H15FN4O. The van der Waals surface area contributed by atoms with Crippen LogP contribution in [-0.4, -0.2) is 47.7 Å². The topological polar surface area (TPSA) is 53.5 Å². The Kier molecular flexibility index (Phi) is 3.73. The number of aromatic nitrogens is 2. The molecule has 104 valence electrons. The number of hydrazone groups is 1. The van der Waals surface area contributed by atoms with Crippen molar-refractivity contribution in [1.29, 1.82) is 0 Å². The molecule has 0 bridgehead atoms. The van der Waals surface area contributed by atoms with Crippen LogP contribution in [-0.2, 0) is 4.74 Å². The van der Waals surface area contributed by atoms with E-state index in [9.17, 15) is 4.39 Å². The Bertz CT molecular complexity index is 587. The van der Waals surface area contributed by atoms with Gasteiger partial charge in [0.25, 0.3) is 0 Å². The molecule has 1 aliphatic rings. The van der Waals surface area contributed by atoms with Gasteiger partial charge in [-0.25, -0.2) is 4.39 Å². The van der Waals surface area contributed by atoms with Crippen LogP contribution in [0.25, 0.3) is 11.3 Å². The van der Waals surface area contributed by atoms with Crippen molar-refractivity contribution in [1.82, 2.24) is 15.2 Å². The van der Waals surface area contributed by atoms with Crippen LogP contribution in [0.5, 0.6) is 0 Å². The maximum atomic E-state index is 12.9. The Balaban J connectivity index is 1.79. The van der Waals surface area contributed by atoms with Gasteiger partial charge >= 0.3 is 0 Å². The van der Waals surface area contributed by atoms with E-state index < -0.39 is 0 Å². The Morgan fingerprint density at radius 2 is 2.00 bits per heavy atom. The van der Waals surface area contributed by atoms with E-state index in [4.69, 9.17) is 4.74 Å². The molecule has 0 unspecified atom stereocenters. The average Bonchev–Trinajstić information content (AvgIpc) is 2.95. The van der Waals surface area contributed by atoms with Crippen molar-refractivity contribution in [3.63, 3.8) is 0 Å². The number of nitrogens with one attached hydrogen (secondary N) is 1. The second-order valence-corrected chi connectivity index (χ2v) is 4.52. The Hall–Kier alpha value is -2.21. The minimum Gasteiger partial charge on any atom is -0.378 e. The minimum absolute atomic E-state index is 0.253. The Morgan fingerprint density at radius 3 is 2.75 bits per heavy atom. The number of hydrogen-bond acceptors (Lipinski definition) is 4. The molecule has 1 aromatic carbocycles. The van der Waals surface area contributed by atoms with Crippen molar-refractivity contribution in [3.8, 4) is 11.3 Å². The molecule has 3 rings (SSSR count). The highest BCUT2D eigenvalue weighted by Crippen LogP contribution is 2.20. The third-order valence-corrected chi connectivity index (χ3v) is 3.15. The molecule has 0 aliphatic carbocycles. The van der Waals surface area contributed by atoms with Gasteiger partial charge in [-0.15, -0.1) is 0 Å². The minimum atomic E-state index is -0.253. The fourth-order valence-electron chi connectivity index (χ4n) is 2.05. The second-order valence-electron chi connectivity index (χ2n) is 4.52. The van der Waals surface area contributed by atoms with Crippen LogP contribution in [0, 0.1) is 5.82 Å². The van der Waals surface area contributed by atoms with E-state index >= 15 is 0 Å². The number of H-pyrrole nitrogens is 1. The highest BCUT2D eigenvalue weighted by atomic mass is 19.1. The summed E-state index contributed by atoms with van der Waals surface area (Å²) in [7, 11) is 0. The fraction of sp³-hybridized carbons (Fsp3) is 0.286. The van der Waals surface area contributed by atoms with E-state index in [-0.39, 0.29) is 5.82 Å². The standard InChI is InChI=1S/C14H15FN4O/c15-13-3-1-11(2-4-13)14-12(9-16-18-14)10-17-19-5-7-20-8-6-19/h1-4,9-10H,5-8H2,(H,16,18)/b17-10+. The molecule has 1 aliphatic heterocycles. The summed E-state index contributed by atoms with van der Waals surface area (Å²) in [6.45, 7) is 2.99. The van der Waals surface area contributed by atoms with Crippen LogP contribution < -0.4 is 0 Å². The number of nitrogens with zero attached hydrogens (tertiary/aromatic N) is 3. The number of aromatic amines is 1. The van der Waals surface area contributed by atoms with E-state index in [0.717, 1.165) is 29.9 Å². The summed E-state index contributed by atoms with van der Waals surface area (Å²) in [6, 6.07) is 6.29. The highest BCUT2D eigenvalue weighted by molar-refractivity contribution is 5.88. The van der Waals surface area contributed by atoms with Crippen molar-refractivity contribution in [2.75, 3.05) is 26.3 Å². The van der Waals surface area contributed by atoms with E-state index in [1.807, 2.05) is 5.01 Å². The number of hydrogen-bond donors (Lipinski definition) is 1. The molecule has 0 saturated carbocycles. The van der Waals surface area contributed by atoms with Gasteiger partial charge < -0.3 is 4.74 Å². The lowest BCUT2D eigenvalue weighted by Crippen LogP contribution is -2.32. The van der Waals surface area contributed by atoms with Crippen molar-refractivity contribution >= 4 is 6.21 Å². The van der Waals surface area contributed by atoms with Crippen LogP contribution in [0.4, 0.5) is 4.39 Å². The van der Waals surface area contributed by atoms with Gasteiger partial charge in [0.1, 0.15) is 5.82 Å². The molecule has 6 heteroatoms. The van der Waals surface area contributed by atoms with Gasteiger partial charge in [0.15, 0.2) is 0 Å². The van der Waals surface area contributed by atoms with Gasteiger partial charge in [0.2, 0.25) is 0 Å². The van der Waals surface area contributed by atoms with Crippen LogP contribution >= 0.6 is 0 Å². The smallest absolute Gasteiger partial charge is 0.123 e. The first-order chi connectivity index (χ1) is 9.83. The lowest BCUT2D eigenvalue weighted by atomic mass is 10.1. The van der Waals surface area contributed by atoms with Gasteiger partial charge in [-0.3, -0.25) is 10.1 Å². The van der Waals surface area contributed by atoms with Crippen LogP contribution in [0.15, 0.2) is 35.6 Å². The van der Waals surface area contributed by atoms with Crippen molar-refractivity contribution in [2.24, 2.45) is 5.10 Å². The molecule has 0 amide bonds. The fourth-order valence-corrected chi connectivity index (χ4v) is 2.05. The molecule has 1 aromatic heterocycles. The maximum absolute atomic E-state index is 12.9. The monoisotopic (exact) mass is 274 g/mol. The summed E-state index contributed by atoms with van der Waals surface area (Å²) in [5, 5.41) is 13.3. The van der Waals surface area contributed by atoms with Crippen LogP contribution in [0.1, 0.15) is 5.56 Å². The number of ether oxygens (including phenoxy) is 1. The summed E-state index contributed by atoms with van der Waals surface area (Å²) < 4.78 is 18.2. The lowest BCUT2D eigenvalue weighted by Gasteiger charge is -2.23. The second kappa shape index (κ2) is 5.83. The van der Waals surface area contributed by atoms with E-state index in [1.54, 1.807) is 24.5 Å². The lowest BCUT2D eigenvalue weighted by molar-refractivity contribution is 0.0397. The van der Waals surface area contributed by atoms with Gasteiger partial charge in [-0.2, -0.15) is 10.2 Å². The summed E-state index contributed by atoms with van der Waals surface area (Å²) in [5.41, 5.74) is 2.59. The molecule has 20 heavy (non-hydrogen) atoms. The summed E-state index contributed by atoms with van der Waals surface area (Å²) in [5.74, 6) is -0.253. The zero-order chi connectivity index (χ0) is 13.8. The summed E-state index contributed by atoms with van der Waals surface area (Å²) in [6.07, 6.45) is 3.48. The van der Waals surface area contributed by atoms with Gasteiger partial charge in [-0.1, -0.05) is 0 Å². The molecule has 2 aromatic rings. The SMILES string of the molecule is Fc1ccc(-c2[nH]ncc2/C=N/N2CCOCC2)cc1. The molecule has 2 heterocycles. The Morgan fingerprint density at radius 1 is 1.25 bits per heavy atom. The van der Waals surface area contributed by atoms with Gasteiger partial charge in [0.05, 0.1) is 44.4 Å². The third-order valence-electron chi connectivity index (χ3n) is 3.15. The van der Waals surface area contributed by atoms with Crippen molar-refractivity contribution in [3.05, 3.63) is 41.8 Å². The normalized spacial score (nSPS) is 15.9. The number of halogens is 1. The number of rotatable bonds is 3. The molecule has 0 atom stereocenters. The van der Waals surface area contributed by atoms with Crippen LogP contribution in [0.3, 0.4) is 0 Å². The zero-order valence-electron chi connectivity index (χ0n) is 10.9. The van der Waals surface area contributed by atoms with E-state index in [2.05, 4.69) is 15.3 Å². The predicted molar refractivity (Wildman–Crippen MR) is 74.0 cm³/mol. The first-order valence-electron chi connectivity index (χ1n) is 6.49. The van der Waals surface area contributed by atoms with Gasteiger partial charge in [-0.05, 0) is 24.3 Å². The number of benzene rings is 1. The van der Waals surface area contributed by atoms with Crippen LogP contribution in [0.2, 0.25) is 0 Å². The average molecular weight is 274 g/mol. The largest absolute Gasteiger partial charge is 0.378 e. The molecule has 0 radical (unpaired) electrons. The number of morpholine rings is 1. The maximum Gasteiger partial charge on any atom is 0.123 e. The molecule has 0 spiro atoms. The molecule has 1 saturated heterocycles. The molecule has 1 N–H and O–H groups in total. The summed E-state index contributed by atoms with van der Waals surface area (Å²) in [4.78, 5) is 0. The van der Waals surface area contributed by atoms with E-state index in [0.29, 0.717) is 13.2 Å². The Labute approximate surface area is 116 Å². The predicted octanol–water partition coefficient (Wildman–Crippen LogP) is 1.88.